The first-order valence-corrected chi connectivity index (χ1v) is 7.17. The van der Waals surface area contributed by atoms with Gasteiger partial charge < -0.3 is 14.8 Å². The number of anilines is 1. The lowest BCUT2D eigenvalue weighted by molar-refractivity contribution is -0.125. The molecule has 1 fully saturated rings. The van der Waals surface area contributed by atoms with Gasteiger partial charge in [-0.1, -0.05) is 0 Å². The summed E-state index contributed by atoms with van der Waals surface area (Å²) in [5, 5.41) is 4.73. The van der Waals surface area contributed by atoms with Crippen molar-refractivity contribution in [1.82, 2.24) is 10.4 Å². The van der Waals surface area contributed by atoms with E-state index in [0.717, 1.165) is 0 Å². The quantitative estimate of drug-likeness (QED) is 0.865. The normalized spacial score (nSPS) is 23.7. The molecule has 118 valence electrons. The number of amides is 2. The highest BCUT2D eigenvalue weighted by Crippen LogP contribution is 2.40. The summed E-state index contributed by atoms with van der Waals surface area (Å²) in [7, 11) is 3.07. The van der Waals surface area contributed by atoms with Crippen LogP contribution in [-0.4, -0.2) is 36.7 Å². The van der Waals surface area contributed by atoms with Crippen LogP contribution >= 0.6 is 0 Å². The van der Waals surface area contributed by atoms with Gasteiger partial charge >= 0.3 is 0 Å². The lowest BCUT2D eigenvalue weighted by atomic mass is 9.98. The van der Waals surface area contributed by atoms with Crippen LogP contribution in [0.25, 0.3) is 0 Å². The number of carbonyl (C=O) groups is 2. The van der Waals surface area contributed by atoms with Gasteiger partial charge in [0.2, 0.25) is 5.91 Å². The minimum Gasteiger partial charge on any atom is -0.493 e. The maximum absolute atomic E-state index is 12.8. The predicted molar refractivity (Wildman–Crippen MR) is 79.7 cm³/mol. The molecule has 2 aliphatic heterocycles. The Labute approximate surface area is 128 Å². The summed E-state index contributed by atoms with van der Waals surface area (Å²) in [6.07, 6.45) is 1.79. The van der Waals surface area contributed by atoms with Crippen LogP contribution in [0.3, 0.4) is 0 Å². The molecule has 2 aliphatic rings. The number of fused-ring (bicyclic) bond motifs is 2. The average molecular weight is 305 g/mol. The zero-order valence-electron chi connectivity index (χ0n) is 12.9. The van der Waals surface area contributed by atoms with E-state index in [1.54, 1.807) is 19.2 Å². The Morgan fingerprint density at radius 2 is 1.86 bits per heavy atom. The first-order chi connectivity index (χ1) is 10.5. The van der Waals surface area contributed by atoms with Crippen molar-refractivity contribution >= 4 is 17.5 Å². The van der Waals surface area contributed by atoms with E-state index in [9.17, 15) is 9.59 Å². The molecule has 0 bridgehead atoms. The van der Waals surface area contributed by atoms with Crippen LogP contribution in [-0.2, 0) is 4.79 Å². The summed E-state index contributed by atoms with van der Waals surface area (Å²) in [6.45, 7) is 1.90. The van der Waals surface area contributed by atoms with E-state index in [0.29, 0.717) is 42.0 Å². The van der Waals surface area contributed by atoms with Crippen molar-refractivity contribution in [1.29, 1.82) is 0 Å². The first-order valence-electron chi connectivity index (χ1n) is 7.17. The zero-order chi connectivity index (χ0) is 15.9. The largest absolute Gasteiger partial charge is 0.493 e. The number of hydrogen-bond donors (Lipinski definition) is 2. The van der Waals surface area contributed by atoms with Crippen LogP contribution in [0.15, 0.2) is 12.1 Å². The predicted octanol–water partition coefficient (Wildman–Crippen LogP) is 1.50. The minimum absolute atomic E-state index is 0.150. The summed E-state index contributed by atoms with van der Waals surface area (Å²) < 4.78 is 10.5. The summed E-state index contributed by atoms with van der Waals surface area (Å²) in [6, 6.07) is 3.38. The van der Waals surface area contributed by atoms with E-state index >= 15 is 0 Å². The zero-order valence-corrected chi connectivity index (χ0v) is 12.9. The molecule has 7 nitrogen and oxygen atoms in total. The Hall–Kier alpha value is -2.44. The molecule has 1 saturated heterocycles. The van der Waals surface area contributed by atoms with Crippen molar-refractivity contribution in [3.05, 3.63) is 17.7 Å². The number of nitrogens with one attached hydrogen (secondary N) is 2. The highest BCUT2D eigenvalue weighted by molar-refractivity contribution is 6.03. The Morgan fingerprint density at radius 1 is 1.18 bits per heavy atom. The summed E-state index contributed by atoms with van der Waals surface area (Å²) in [4.78, 5) is 24.6. The smallest absolute Gasteiger partial charge is 0.276 e. The third-order valence-corrected chi connectivity index (χ3v) is 4.16. The van der Waals surface area contributed by atoms with Crippen LogP contribution in [0.5, 0.6) is 11.5 Å². The van der Waals surface area contributed by atoms with Crippen molar-refractivity contribution in [3.8, 4) is 11.5 Å². The Bertz CT molecular complexity index is 646. The number of methoxy groups -OCH3 is 2. The van der Waals surface area contributed by atoms with Gasteiger partial charge in [-0.05, 0) is 25.8 Å². The molecular formula is C15H19N3O4. The van der Waals surface area contributed by atoms with Gasteiger partial charge in [0.15, 0.2) is 11.5 Å². The number of rotatable bonds is 2. The van der Waals surface area contributed by atoms with Gasteiger partial charge in [-0.3, -0.25) is 15.0 Å². The number of carbonyl (C=O) groups excluding carboxylic acids is 2. The van der Waals surface area contributed by atoms with E-state index in [1.165, 1.54) is 12.1 Å². The average Bonchev–Trinajstić information content (AvgIpc) is 2.64. The molecule has 1 unspecified atom stereocenters. The highest BCUT2D eigenvalue weighted by atomic mass is 16.5. The number of hydrazine groups is 1. The molecule has 0 spiro atoms. The van der Waals surface area contributed by atoms with E-state index in [1.807, 2.05) is 6.92 Å². The van der Waals surface area contributed by atoms with Crippen LogP contribution in [0.1, 0.15) is 36.5 Å². The fourth-order valence-electron chi connectivity index (χ4n) is 2.97. The number of hydrogen-bond acceptors (Lipinski definition) is 5. The molecule has 0 radical (unpaired) electrons. The molecule has 2 amide bonds. The van der Waals surface area contributed by atoms with Gasteiger partial charge in [-0.25, -0.2) is 5.01 Å². The second kappa shape index (κ2) is 5.08. The molecular weight excluding hydrogens is 286 g/mol. The molecule has 2 heterocycles. The van der Waals surface area contributed by atoms with Crippen LogP contribution < -0.4 is 20.2 Å². The Balaban J connectivity index is 2.09. The van der Waals surface area contributed by atoms with E-state index in [2.05, 4.69) is 10.7 Å². The number of nitrogens with zero attached hydrogens (tertiary/aromatic N) is 1. The third kappa shape index (κ3) is 2.13. The molecule has 3 rings (SSSR count). The molecule has 7 heteroatoms. The van der Waals surface area contributed by atoms with Crippen LogP contribution in [0.4, 0.5) is 5.69 Å². The maximum atomic E-state index is 12.8. The van der Waals surface area contributed by atoms with E-state index < -0.39 is 5.66 Å². The van der Waals surface area contributed by atoms with Crippen molar-refractivity contribution in [2.45, 2.75) is 31.8 Å². The molecule has 1 aromatic rings. The lowest BCUT2D eigenvalue weighted by Crippen LogP contribution is -2.63. The fraction of sp³-hybridized carbons (Fsp3) is 0.467. The van der Waals surface area contributed by atoms with Crippen LogP contribution in [0, 0.1) is 0 Å². The molecule has 0 aliphatic carbocycles. The standard InChI is InChI=1S/C15H19N3O4/c1-15-6-4-5-13(19)17-18(15)14(20)9-7-11(21-2)12(22-3)8-10(9)16-15/h7-8,16H,4-6H2,1-3H3,(H,17,19). The van der Waals surface area contributed by atoms with E-state index in [4.69, 9.17) is 9.47 Å². The number of benzene rings is 1. The van der Waals surface area contributed by atoms with Gasteiger partial charge in [-0.2, -0.15) is 0 Å². The van der Waals surface area contributed by atoms with Crippen molar-refractivity contribution in [2.24, 2.45) is 0 Å². The second-order valence-electron chi connectivity index (χ2n) is 5.68. The Kier molecular flexibility index (Phi) is 3.35. The highest BCUT2D eigenvalue weighted by Gasteiger charge is 2.44. The molecule has 22 heavy (non-hydrogen) atoms. The topological polar surface area (TPSA) is 79.9 Å². The van der Waals surface area contributed by atoms with Gasteiger partial charge in [0.05, 0.1) is 25.5 Å². The Morgan fingerprint density at radius 3 is 2.55 bits per heavy atom. The number of ether oxygens (including phenoxy) is 2. The molecule has 0 aromatic heterocycles. The molecule has 1 aromatic carbocycles. The van der Waals surface area contributed by atoms with E-state index in [-0.39, 0.29) is 11.8 Å². The summed E-state index contributed by atoms with van der Waals surface area (Å²) in [5.74, 6) is 0.618. The third-order valence-electron chi connectivity index (χ3n) is 4.16. The van der Waals surface area contributed by atoms with Crippen molar-refractivity contribution in [3.63, 3.8) is 0 Å². The minimum atomic E-state index is -0.657. The summed E-state index contributed by atoms with van der Waals surface area (Å²) in [5.41, 5.74) is 3.15. The van der Waals surface area contributed by atoms with Gasteiger partial charge in [0.1, 0.15) is 5.66 Å². The summed E-state index contributed by atoms with van der Waals surface area (Å²) >= 11 is 0. The van der Waals surface area contributed by atoms with Crippen LogP contribution in [0.2, 0.25) is 0 Å². The first kappa shape index (κ1) is 14.5. The SMILES string of the molecule is COc1cc2c(cc1OC)C(=O)N1NC(=O)CCCC1(C)N2. The van der Waals surface area contributed by atoms with Gasteiger partial charge in [0.25, 0.3) is 5.91 Å². The maximum Gasteiger partial charge on any atom is 0.276 e. The van der Waals surface area contributed by atoms with Crippen molar-refractivity contribution < 1.29 is 19.1 Å². The van der Waals surface area contributed by atoms with Crippen molar-refractivity contribution in [2.75, 3.05) is 19.5 Å². The second-order valence-corrected chi connectivity index (χ2v) is 5.68. The molecule has 1 atom stereocenters. The van der Waals surface area contributed by atoms with Gasteiger partial charge in [0, 0.05) is 12.5 Å². The molecule has 0 saturated carbocycles. The fourth-order valence-corrected chi connectivity index (χ4v) is 2.97. The lowest BCUT2D eigenvalue weighted by Gasteiger charge is -2.44. The van der Waals surface area contributed by atoms with Gasteiger partial charge in [-0.15, -0.1) is 0 Å². The monoisotopic (exact) mass is 305 g/mol. The molecule has 2 N–H and O–H groups in total.